The Balaban J connectivity index is 0.00000392. The third-order valence-electron chi connectivity index (χ3n) is 5.16. The van der Waals surface area contributed by atoms with Gasteiger partial charge in [0.1, 0.15) is 5.60 Å². The predicted octanol–water partition coefficient (Wildman–Crippen LogP) is 3.90. The minimum absolute atomic E-state index is 0. The van der Waals surface area contributed by atoms with E-state index in [9.17, 15) is 4.79 Å². The molecule has 1 atom stereocenters. The van der Waals surface area contributed by atoms with Crippen molar-refractivity contribution in [2.75, 3.05) is 45.5 Å². The summed E-state index contributed by atoms with van der Waals surface area (Å²) in [5.74, 6) is 3.45. The molecule has 1 unspecified atom stereocenters. The summed E-state index contributed by atoms with van der Waals surface area (Å²) in [7, 11) is 1.87. The highest BCUT2D eigenvalue weighted by Gasteiger charge is 2.28. The molecule has 28 heavy (non-hydrogen) atoms. The van der Waals surface area contributed by atoms with E-state index in [1.165, 1.54) is 0 Å². The van der Waals surface area contributed by atoms with Gasteiger partial charge >= 0.3 is 6.09 Å². The summed E-state index contributed by atoms with van der Waals surface area (Å²) in [6, 6.07) is 0. The maximum atomic E-state index is 12.2. The minimum atomic E-state index is -0.428. The molecule has 1 amide bonds. The number of aliphatic imine (C=N–C) groups is 1. The smallest absolute Gasteiger partial charge is 0.410 e. The first-order valence-electron chi connectivity index (χ1n) is 10.2. The third kappa shape index (κ3) is 8.16. The van der Waals surface area contributed by atoms with Crippen LogP contribution in [0.3, 0.4) is 0 Å². The Labute approximate surface area is 192 Å². The maximum absolute atomic E-state index is 12.2. The summed E-state index contributed by atoms with van der Waals surface area (Å²) in [6.07, 6.45) is 1.83. The lowest BCUT2D eigenvalue weighted by molar-refractivity contribution is 0.0185. The lowest BCUT2D eigenvalue weighted by Gasteiger charge is -2.37. The second-order valence-corrected chi connectivity index (χ2v) is 10.3. The fourth-order valence-electron chi connectivity index (χ4n) is 3.49. The lowest BCUT2D eigenvalue weighted by Crippen LogP contribution is -2.50. The molecular formula is C20H39IN4O2S. The van der Waals surface area contributed by atoms with E-state index in [4.69, 9.17) is 4.74 Å². The Morgan fingerprint density at radius 1 is 1.21 bits per heavy atom. The molecule has 0 aromatic rings. The van der Waals surface area contributed by atoms with Gasteiger partial charge in [0.2, 0.25) is 0 Å². The molecule has 2 rings (SSSR count). The van der Waals surface area contributed by atoms with Gasteiger partial charge in [-0.15, -0.1) is 24.0 Å². The molecule has 6 nitrogen and oxygen atoms in total. The molecule has 0 bridgehead atoms. The van der Waals surface area contributed by atoms with E-state index < -0.39 is 5.60 Å². The number of nitrogens with one attached hydrogen (secondary N) is 1. The van der Waals surface area contributed by atoms with Gasteiger partial charge in [0.25, 0.3) is 0 Å². The van der Waals surface area contributed by atoms with Crippen molar-refractivity contribution >= 4 is 47.8 Å². The van der Waals surface area contributed by atoms with Crippen LogP contribution in [0.2, 0.25) is 0 Å². The Kier molecular flexibility index (Phi) is 10.7. The molecule has 2 fully saturated rings. The van der Waals surface area contributed by atoms with E-state index in [-0.39, 0.29) is 30.1 Å². The van der Waals surface area contributed by atoms with Crippen molar-refractivity contribution in [2.24, 2.45) is 16.8 Å². The summed E-state index contributed by atoms with van der Waals surface area (Å²) < 4.78 is 5.48. The monoisotopic (exact) mass is 526 g/mol. The average molecular weight is 527 g/mol. The molecule has 2 aliphatic heterocycles. The number of thioether (sulfide) groups is 1. The highest BCUT2D eigenvalue weighted by molar-refractivity contribution is 14.0. The zero-order valence-electron chi connectivity index (χ0n) is 18.4. The van der Waals surface area contributed by atoms with Gasteiger partial charge in [0.05, 0.1) is 0 Å². The van der Waals surface area contributed by atoms with Gasteiger partial charge in [-0.25, -0.2) is 4.79 Å². The van der Waals surface area contributed by atoms with E-state index in [0.29, 0.717) is 17.1 Å². The Hall–Kier alpha value is -0.380. The van der Waals surface area contributed by atoms with Gasteiger partial charge in [-0.2, -0.15) is 11.8 Å². The van der Waals surface area contributed by atoms with Crippen LogP contribution < -0.4 is 5.32 Å². The first-order valence-corrected chi connectivity index (χ1v) is 11.3. The number of nitrogens with zero attached hydrogens (tertiary/aromatic N) is 3. The number of hydrogen-bond donors (Lipinski definition) is 1. The van der Waals surface area contributed by atoms with E-state index in [1.54, 1.807) is 0 Å². The molecule has 0 aliphatic carbocycles. The zero-order valence-corrected chi connectivity index (χ0v) is 21.5. The summed E-state index contributed by atoms with van der Waals surface area (Å²) in [5.41, 5.74) is -0.428. The number of halogens is 1. The molecular weight excluding hydrogens is 487 g/mol. The van der Waals surface area contributed by atoms with Crippen LogP contribution in [0.15, 0.2) is 4.99 Å². The summed E-state index contributed by atoms with van der Waals surface area (Å²) in [6.45, 7) is 14.9. The van der Waals surface area contributed by atoms with Gasteiger partial charge in [-0.1, -0.05) is 13.8 Å². The van der Waals surface area contributed by atoms with E-state index >= 15 is 0 Å². The highest BCUT2D eigenvalue weighted by atomic mass is 127. The molecule has 1 N–H and O–H groups in total. The van der Waals surface area contributed by atoms with Gasteiger partial charge in [-0.05, 0) is 45.4 Å². The summed E-state index contributed by atoms with van der Waals surface area (Å²) >= 11 is 2.08. The van der Waals surface area contributed by atoms with Crippen LogP contribution in [0, 0.1) is 11.8 Å². The fraction of sp³-hybridized carbons (Fsp3) is 0.900. The molecule has 0 saturated carbocycles. The van der Waals surface area contributed by atoms with Gasteiger partial charge in [0, 0.05) is 50.8 Å². The minimum Gasteiger partial charge on any atom is -0.444 e. The normalized spacial score (nSPS) is 22.1. The first-order chi connectivity index (χ1) is 12.7. The van der Waals surface area contributed by atoms with Gasteiger partial charge < -0.3 is 19.9 Å². The van der Waals surface area contributed by atoms with Gasteiger partial charge in [-0.3, -0.25) is 4.99 Å². The summed E-state index contributed by atoms with van der Waals surface area (Å²) in [4.78, 5) is 20.9. The highest BCUT2D eigenvalue weighted by Crippen LogP contribution is 2.25. The van der Waals surface area contributed by atoms with Crippen LogP contribution in [-0.2, 0) is 4.74 Å². The number of carbonyl (C=O) groups excluding carboxylic acids is 1. The molecule has 2 saturated heterocycles. The molecule has 0 spiro atoms. The second-order valence-electron chi connectivity index (χ2n) is 8.94. The number of guanidine groups is 1. The van der Waals surface area contributed by atoms with Crippen molar-refractivity contribution < 1.29 is 9.53 Å². The van der Waals surface area contributed by atoms with Crippen molar-refractivity contribution in [1.29, 1.82) is 0 Å². The van der Waals surface area contributed by atoms with E-state index in [0.717, 1.165) is 57.3 Å². The van der Waals surface area contributed by atoms with Crippen molar-refractivity contribution in [3.8, 4) is 0 Å². The predicted molar refractivity (Wildman–Crippen MR) is 130 cm³/mol. The topological polar surface area (TPSA) is 57.2 Å². The molecule has 0 radical (unpaired) electrons. The molecule has 2 heterocycles. The Morgan fingerprint density at radius 2 is 1.86 bits per heavy atom. The Bertz CT molecular complexity index is 517. The van der Waals surface area contributed by atoms with Crippen LogP contribution in [0.1, 0.15) is 47.5 Å². The number of carbonyl (C=O) groups is 1. The first kappa shape index (κ1) is 25.7. The Morgan fingerprint density at radius 3 is 2.39 bits per heavy atom. The molecule has 164 valence electrons. The number of likely N-dealkylation sites (tertiary alicyclic amines) is 1. The number of amides is 1. The number of hydrogen-bond acceptors (Lipinski definition) is 4. The van der Waals surface area contributed by atoms with Crippen molar-refractivity contribution in [3.63, 3.8) is 0 Å². The van der Waals surface area contributed by atoms with Crippen LogP contribution in [-0.4, -0.2) is 78.2 Å². The molecule has 2 aliphatic rings. The van der Waals surface area contributed by atoms with Crippen molar-refractivity contribution in [3.05, 3.63) is 0 Å². The number of piperidine rings is 1. The number of rotatable bonds is 3. The fourth-order valence-corrected chi connectivity index (χ4v) is 4.78. The molecule has 8 heteroatoms. The van der Waals surface area contributed by atoms with Gasteiger partial charge in [0.15, 0.2) is 5.96 Å². The van der Waals surface area contributed by atoms with Crippen LogP contribution >= 0.6 is 35.7 Å². The third-order valence-corrected chi connectivity index (χ3v) is 6.70. The van der Waals surface area contributed by atoms with E-state index in [1.807, 2.05) is 32.7 Å². The molecule has 0 aromatic carbocycles. The van der Waals surface area contributed by atoms with Crippen molar-refractivity contribution in [2.45, 2.75) is 58.3 Å². The number of ether oxygens (including phenoxy) is 1. The maximum Gasteiger partial charge on any atom is 0.410 e. The average Bonchev–Trinajstić information content (AvgIpc) is 2.61. The van der Waals surface area contributed by atoms with Crippen LogP contribution in [0.5, 0.6) is 0 Å². The van der Waals surface area contributed by atoms with E-state index in [2.05, 4.69) is 40.8 Å². The largest absolute Gasteiger partial charge is 0.444 e. The molecule has 0 aromatic heterocycles. The summed E-state index contributed by atoms with van der Waals surface area (Å²) in [5, 5.41) is 4.26. The van der Waals surface area contributed by atoms with Crippen molar-refractivity contribution in [1.82, 2.24) is 15.1 Å². The lowest BCUT2D eigenvalue weighted by atomic mass is 9.97. The van der Waals surface area contributed by atoms with Crippen LogP contribution in [0.25, 0.3) is 0 Å². The quantitative estimate of drug-likeness (QED) is 0.344. The zero-order chi connectivity index (χ0) is 20.0. The van der Waals surface area contributed by atoms with Crippen LogP contribution in [0.4, 0.5) is 4.79 Å². The second kappa shape index (κ2) is 11.7. The standard InChI is InChI=1S/C20H38N4O2S.HI/c1-15(2)17-14-24(11-12-27-17)18(21-6)22-13-16-7-9-23(10-8-16)19(25)26-20(3,4)5;/h15-17H,7-14H2,1-6H3,(H,21,22);1H. The SMILES string of the molecule is CN=C(NCC1CCN(C(=O)OC(C)(C)C)CC1)N1CCSC(C(C)C)C1.I.